The average Bonchev–Trinajstić information content (AvgIpc) is 2.67. The van der Waals surface area contributed by atoms with Crippen LogP contribution in [-0.2, 0) is 17.7 Å². The van der Waals surface area contributed by atoms with Gasteiger partial charge in [-0.15, -0.1) is 0 Å². The highest BCUT2D eigenvalue weighted by Crippen LogP contribution is 2.22. The van der Waals surface area contributed by atoms with Crippen molar-refractivity contribution >= 4 is 12.0 Å². The SMILES string of the molecule is CCOC(=O)N1CCc2c(cncc2C(=O)NCCCN(CC)CC)C1. The van der Waals surface area contributed by atoms with Gasteiger partial charge < -0.3 is 19.9 Å². The van der Waals surface area contributed by atoms with Crippen molar-refractivity contribution in [2.45, 2.75) is 40.2 Å². The summed E-state index contributed by atoms with van der Waals surface area (Å²) in [7, 11) is 0. The van der Waals surface area contributed by atoms with Crippen LogP contribution in [0.4, 0.5) is 4.79 Å². The van der Waals surface area contributed by atoms with Crippen molar-refractivity contribution in [3.63, 3.8) is 0 Å². The van der Waals surface area contributed by atoms with Gasteiger partial charge in [0.05, 0.1) is 18.7 Å². The Kier molecular flexibility index (Phi) is 7.84. The van der Waals surface area contributed by atoms with Crippen molar-refractivity contribution in [2.24, 2.45) is 0 Å². The van der Waals surface area contributed by atoms with Crippen LogP contribution in [0.5, 0.6) is 0 Å². The number of pyridine rings is 1. The van der Waals surface area contributed by atoms with E-state index in [9.17, 15) is 9.59 Å². The van der Waals surface area contributed by atoms with E-state index in [2.05, 4.69) is 29.0 Å². The Hall–Kier alpha value is -2.15. The largest absolute Gasteiger partial charge is 0.450 e. The second kappa shape index (κ2) is 10.1. The Morgan fingerprint density at radius 2 is 2.04 bits per heavy atom. The summed E-state index contributed by atoms with van der Waals surface area (Å²) < 4.78 is 5.06. The lowest BCUT2D eigenvalue weighted by Gasteiger charge is -2.28. The molecule has 0 radical (unpaired) electrons. The number of fused-ring (bicyclic) bond motifs is 1. The zero-order valence-electron chi connectivity index (χ0n) is 16.1. The molecule has 26 heavy (non-hydrogen) atoms. The molecule has 7 nitrogen and oxygen atoms in total. The monoisotopic (exact) mass is 362 g/mol. The fourth-order valence-electron chi connectivity index (χ4n) is 3.20. The van der Waals surface area contributed by atoms with Crippen molar-refractivity contribution in [3.8, 4) is 0 Å². The van der Waals surface area contributed by atoms with Gasteiger partial charge in [-0.3, -0.25) is 9.78 Å². The molecule has 7 heteroatoms. The van der Waals surface area contributed by atoms with Crippen molar-refractivity contribution in [2.75, 3.05) is 39.3 Å². The number of ether oxygens (including phenoxy) is 1. The van der Waals surface area contributed by atoms with Crippen LogP contribution in [-0.4, -0.2) is 66.1 Å². The number of rotatable bonds is 8. The maximum atomic E-state index is 12.5. The Balaban J connectivity index is 1.94. The van der Waals surface area contributed by atoms with Gasteiger partial charge in [-0.2, -0.15) is 0 Å². The van der Waals surface area contributed by atoms with Crippen molar-refractivity contribution in [1.29, 1.82) is 0 Å². The summed E-state index contributed by atoms with van der Waals surface area (Å²) in [4.78, 5) is 32.6. The quantitative estimate of drug-likeness (QED) is 0.717. The Morgan fingerprint density at radius 3 is 2.73 bits per heavy atom. The molecular formula is C19H30N4O3. The lowest BCUT2D eigenvalue weighted by Crippen LogP contribution is -2.38. The van der Waals surface area contributed by atoms with Gasteiger partial charge in [-0.05, 0) is 50.5 Å². The first-order chi connectivity index (χ1) is 12.6. The first-order valence-corrected chi connectivity index (χ1v) is 9.48. The summed E-state index contributed by atoms with van der Waals surface area (Å²) >= 11 is 0. The number of carbonyl (C=O) groups is 2. The number of hydrogen-bond donors (Lipinski definition) is 1. The lowest BCUT2D eigenvalue weighted by molar-refractivity contribution is 0.0948. The van der Waals surface area contributed by atoms with E-state index in [-0.39, 0.29) is 12.0 Å². The molecule has 1 aliphatic rings. The second-order valence-electron chi connectivity index (χ2n) is 6.33. The van der Waals surface area contributed by atoms with E-state index in [4.69, 9.17) is 4.74 Å². The smallest absolute Gasteiger partial charge is 0.410 e. The molecule has 1 aliphatic heterocycles. The highest BCUT2D eigenvalue weighted by molar-refractivity contribution is 5.95. The predicted molar refractivity (Wildman–Crippen MR) is 100 cm³/mol. The highest BCUT2D eigenvalue weighted by atomic mass is 16.6. The third kappa shape index (κ3) is 5.17. The van der Waals surface area contributed by atoms with Crippen molar-refractivity contribution in [1.82, 2.24) is 20.1 Å². The third-order valence-electron chi connectivity index (χ3n) is 4.74. The molecule has 0 spiro atoms. The standard InChI is InChI=1S/C19H30N4O3/c1-4-22(5-2)10-7-9-21-18(24)17-13-20-12-15-14-23(11-8-16(15)17)19(25)26-6-3/h12-13H,4-11,14H2,1-3H3,(H,21,24). The van der Waals surface area contributed by atoms with Crippen LogP contribution in [0.1, 0.15) is 48.7 Å². The van der Waals surface area contributed by atoms with Gasteiger partial charge in [0.1, 0.15) is 0 Å². The molecule has 0 aliphatic carbocycles. The van der Waals surface area contributed by atoms with Gasteiger partial charge >= 0.3 is 6.09 Å². The molecule has 0 bridgehead atoms. The summed E-state index contributed by atoms with van der Waals surface area (Å²) in [6.45, 7) is 11.1. The zero-order chi connectivity index (χ0) is 18.9. The summed E-state index contributed by atoms with van der Waals surface area (Å²) in [5, 5.41) is 3.00. The van der Waals surface area contributed by atoms with Crippen LogP contribution in [0.2, 0.25) is 0 Å². The van der Waals surface area contributed by atoms with E-state index in [1.54, 1.807) is 24.2 Å². The molecule has 0 saturated carbocycles. The molecule has 2 rings (SSSR count). The van der Waals surface area contributed by atoms with E-state index in [0.29, 0.717) is 38.2 Å². The number of hydrogen-bond acceptors (Lipinski definition) is 5. The third-order valence-corrected chi connectivity index (χ3v) is 4.74. The molecular weight excluding hydrogens is 332 g/mol. The number of nitrogens with one attached hydrogen (secondary N) is 1. The molecule has 1 aromatic rings. The number of aromatic nitrogens is 1. The molecule has 0 fully saturated rings. The van der Waals surface area contributed by atoms with Gasteiger partial charge in [0, 0.05) is 25.5 Å². The van der Waals surface area contributed by atoms with Crippen LogP contribution < -0.4 is 5.32 Å². The number of amides is 2. The van der Waals surface area contributed by atoms with E-state index < -0.39 is 0 Å². The van der Waals surface area contributed by atoms with Crippen LogP contribution in [0.25, 0.3) is 0 Å². The van der Waals surface area contributed by atoms with Gasteiger partial charge in [-0.1, -0.05) is 13.8 Å². The molecule has 1 aromatic heterocycles. The first-order valence-electron chi connectivity index (χ1n) is 9.48. The molecule has 0 aromatic carbocycles. The molecule has 0 atom stereocenters. The lowest BCUT2D eigenvalue weighted by atomic mass is 9.97. The molecule has 0 saturated heterocycles. The summed E-state index contributed by atoms with van der Waals surface area (Å²) in [6, 6.07) is 0. The highest BCUT2D eigenvalue weighted by Gasteiger charge is 2.25. The molecule has 2 amide bonds. The van der Waals surface area contributed by atoms with E-state index >= 15 is 0 Å². The fraction of sp³-hybridized carbons (Fsp3) is 0.632. The molecule has 2 heterocycles. The topological polar surface area (TPSA) is 74.8 Å². The van der Waals surface area contributed by atoms with E-state index in [1.165, 1.54) is 0 Å². The Bertz CT molecular complexity index is 617. The maximum absolute atomic E-state index is 12.5. The van der Waals surface area contributed by atoms with Gasteiger partial charge in [0.15, 0.2) is 0 Å². The van der Waals surface area contributed by atoms with Crippen LogP contribution >= 0.6 is 0 Å². The van der Waals surface area contributed by atoms with E-state index in [1.807, 2.05) is 0 Å². The Labute approximate surface area is 155 Å². The predicted octanol–water partition coefficient (Wildman–Crippen LogP) is 2.06. The first kappa shape index (κ1) is 20.2. The Morgan fingerprint density at radius 1 is 1.27 bits per heavy atom. The fourth-order valence-corrected chi connectivity index (χ4v) is 3.20. The molecule has 0 unspecified atom stereocenters. The average molecular weight is 362 g/mol. The van der Waals surface area contributed by atoms with Crippen LogP contribution in [0.15, 0.2) is 12.4 Å². The molecule has 1 N–H and O–H groups in total. The maximum Gasteiger partial charge on any atom is 0.410 e. The normalized spacial score (nSPS) is 13.5. The minimum absolute atomic E-state index is 0.0847. The summed E-state index contributed by atoms with van der Waals surface area (Å²) in [5.74, 6) is -0.0847. The van der Waals surface area contributed by atoms with Gasteiger partial charge in [0.2, 0.25) is 0 Å². The number of nitrogens with zero attached hydrogens (tertiary/aromatic N) is 3. The molecule has 144 valence electrons. The van der Waals surface area contributed by atoms with E-state index in [0.717, 1.165) is 37.2 Å². The van der Waals surface area contributed by atoms with Crippen molar-refractivity contribution in [3.05, 3.63) is 29.1 Å². The van der Waals surface area contributed by atoms with Gasteiger partial charge in [-0.25, -0.2) is 4.79 Å². The minimum atomic E-state index is -0.315. The van der Waals surface area contributed by atoms with Crippen molar-refractivity contribution < 1.29 is 14.3 Å². The summed E-state index contributed by atoms with van der Waals surface area (Å²) in [6.07, 6.45) is 4.60. The van der Waals surface area contributed by atoms with Crippen LogP contribution in [0, 0.1) is 0 Å². The summed E-state index contributed by atoms with van der Waals surface area (Å²) in [5.41, 5.74) is 2.52. The van der Waals surface area contributed by atoms with Gasteiger partial charge in [0.25, 0.3) is 5.91 Å². The van der Waals surface area contributed by atoms with Crippen LogP contribution in [0.3, 0.4) is 0 Å². The minimum Gasteiger partial charge on any atom is -0.450 e. The zero-order valence-corrected chi connectivity index (χ0v) is 16.1. The number of carbonyl (C=O) groups excluding carboxylic acids is 2. The second-order valence-corrected chi connectivity index (χ2v) is 6.33.